The summed E-state index contributed by atoms with van der Waals surface area (Å²) < 4.78 is 0. The minimum Gasteiger partial charge on any atom is -0.361 e. The van der Waals surface area contributed by atoms with Gasteiger partial charge in [-0.2, -0.15) is 5.26 Å². The highest BCUT2D eigenvalue weighted by atomic mass is 14.7. The quantitative estimate of drug-likeness (QED) is 0.628. The van der Waals surface area contributed by atoms with Gasteiger partial charge in [-0.3, -0.25) is 0 Å². The third kappa shape index (κ3) is 0.876. The Morgan fingerprint density at radius 2 is 2.33 bits per heavy atom. The molecule has 12 heavy (non-hydrogen) atoms. The van der Waals surface area contributed by atoms with Crippen molar-refractivity contribution < 1.29 is 1.43 Å². The van der Waals surface area contributed by atoms with Crippen LogP contribution in [0.25, 0.3) is 10.9 Å². The van der Waals surface area contributed by atoms with Gasteiger partial charge in [0.05, 0.1) is 11.6 Å². The maximum Gasteiger partial charge on any atom is 0.0994 e. The number of hydrogen-bond donors (Lipinski definition) is 1. The van der Waals surface area contributed by atoms with Crippen molar-refractivity contribution >= 4 is 10.9 Å². The Kier molecular flexibility index (Phi) is 1.38. The second-order valence-corrected chi connectivity index (χ2v) is 2.84. The van der Waals surface area contributed by atoms with Crippen LogP contribution in [0.5, 0.6) is 0 Å². The first-order chi connectivity index (χ1) is 5.81. The predicted octanol–water partition coefficient (Wildman–Crippen LogP) is 2.59. The zero-order valence-corrected chi connectivity index (χ0v) is 6.76. The van der Waals surface area contributed by atoms with Gasteiger partial charge in [0, 0.05) is 18.5 Å². The topological polar surface area (TPSA) is 39.6 Å². The molecule has 1 heterocycles. The van der Waals surface area contributed by atoms with Gasteiger partial charge >= 0.3 is 0 Å². The molecule has 1 aromatic heterocycles. The first-order valence-corrected chi connectivity index (χ1v) is 3.79. The van der Waals surface area contributed by atoms with E-state index in [1.807, 2.05) is 31.3 Å². The summed E-state index contributed by atoms with van der Waals surface area (Å²) in [5.74, 6) is 0. The fourth-order valence-electron chi connectivity index (χ4n) is 1.33. The summed E-state index contributed by atoms with van der Waals surface area (Å²) in [6, 6.07) is 8.03. The lowest BCUT2D eigenvalue weighted by molar-refractivity contribution is 1.40. The lowest BCUT2D eigenvalue weighted by Crippen LogP contribution is -1.80. The molecule has 0 aliphatic carbocycles. The molecule has 0 saturated heterocycles. The molecule has 0 aliphatic rings. The van der Waals surface area contributed by atoms with Crippen LogP contribution in [0.15, 0.2) is 24.4 Å². The smallest absolute Gasteiger partial charge is 0.0994 e. The molecular formula is C10H10N2. The van der Waals surface area contributed by atoms with Crippen molar-refractivity contribution in [3.05, 3.63) is 35.5 Å². The van der Waals surface area contributed by atoms with E-state index in [-0.39, 0.29) is 1.43 Å². The molecule has 0 unspecified atom stereocenters. The largest absolute Gasteiger partial charge is 0.361 e. The highest BCUT2D eigenvalue weighted by Crippen LogP contribution is 2.17. The minimum atomic E-state index is 0. The van der Waals surface area contributed by atoms with Crippen LogP contribution in [-0.4, -0.2) is 4.98 Å². The summed E-state index contributed by atoms with van der Waals surface area (Å²) in [6.45, 7) is 1.94. The molecule has 2 heteroatoms. The van der Waals surface area contributed by atoms with Gasteiger partial charge in [0.25, 0.3) is 0 Å². The molecule has 0 spiro atoms. The third-order valence-electron chi connectivity index (χ3n) is 2.02. The summed E-state index contributed by atoms with van der Waals surface area (Å²) in [5, 5.41) is 9.85. The molecule has 0 atom stereocenters. The molecule has 0 fully saturated rings. The van der Waals surface area contributed by atoms with Gasteiger partial charge in [0.15, 0.2) is 0 Å². The highest BCUT2D eigenvalue weighted by Gasteiger charge is 1.99. The van der Waals surface area contributed by atoms with Crippen molar-refractivity contribution in [1.82, 2.24) is 4.98 Å². The minimum absolute atomic E-state index is 0. The second kappa shape index (κ2) is 2.38. The van der Waals surface area contributed by atoms with Gasteiger partial charge in [-0.05, 0) is 30.7 Å². The number of nitriles is 1. The summed E-state index contributed by atoms with van der Waals surface area (Å²) >= 11 is 0. The normalized spacial score (nSPS) is 10.0. The number of aromatic nitrogens is 1. The van der Waals surface area contributed by atoms with E-state index in [1.54, 1.807) is 0 Å². The number of benzene rings is 1. The van der Waals surface area contributed by atoms with Crippen LogP contribution in [0.1, 0.15) is 12.6 Å². The van der Waals surface area contributed by atoms with Crippen molar-refractivity contribution in [1.29, 1.82) is 5.26 Å². The average molecular weight is 158 g/mol. The molecule has 0 aliphatic heterocycles. The number of rotatable bonds is 0. The molecule has 1 aromatic carbocycles. The Morgan fingerprint density at radius 3 is 3.08 bits per heavy atom. The molecule has 0 saturated carbocycles. The first kappa shape index (κ1) is 6.93. The van der Waals surface area contributed by atoms with Crippen LogP contribution in [0.4, 0.5) is 0 Å². The highest BCUT2D eigenvalue weighted by molar-refractivity contribution is 5.81. The summed E-state index contributed by atoms with van der Waals surface area (Å²) in [7, 11) is 0. The van der Waals surface area contributed by atoms with Crippen LogP contribution in [-0.2, 0) is 0 Å². The van der Waals surface area contributed by atoms with Gasteiger partial charge in [-0.25, -0.2) is 0 Å². The molecule has 60 valence electrons. The van der Waals surface area contributed by atoms with Gasteiger partial charge in [-0.15, -0.1) is 0 Å². The lowest BCUT2D eigenvalue weighted by atomic mass is 10.1. The van der Waals surface area contributed by atoms with Crippen LogP contribution < -0.4 is 0 Å². The summed E-state index contributed by atoms with van der Waals surface area (Å²) in [6.07, 6.45) is 1.88. The third-order valence-corrected chi connectivity index (χ3v) is 2.02. The maximum absolute atomic E-state index is 8.76. The molecule has 1 N–H and O–H groups in total. The molecular weight excluding hydrogens is 148 g/mol. The van der Waals surface area contributed by atoms with Crippen LogP contribution in [0.3, 0.4) is 0 Å². The zero-order chi connectivity index (χ0) is 8.55. The van der Waals surface area contributed by atoms with E-state index in [9.17, 15) is 0 Å². The Balaban J connectivity index is 0.000000845. The fourth-order valence-corrected chi connectivity index (χ4v) is 1.33. The molecule has 2 nitrogen and oxygen atoms in total. The van der Waals surface area contributed by atoms with Gasteiger partial charge in [0.2, 0.25) is 0 Å². The fraction of sp³-hybridized carbons (Fsp3) is 0.100. The van der Waals surface area contributed by atoms with E-state index in [0.717, 1.165) is 22.0 Å². The van der Waals surface area contributed by atoms with E-state index in [4.69, 9.17) is 5.26 Å². The monoisotopic (exact) mass is 158 g/mol. The van der Waals surface area contributed by atoms with E-state index >= 15 is 0 Å². The van der Waals surface area contributed by atoms with E-state index in [2.05, 4.69) is 11.1 Å². The Labute approximate surface area is 71.9 Å². The molecule has 2 rings (SSSR count). The number of hydrogen-bond acceptors (Lipinski definition) is 1. The summed E-state index contributed by atoms with van der Waals surface area (Å²) in [5.41, 5.74) is 2.86. The van der Waals surface area contributed by atoms with Crippen molar-refractivity contribution in [2.45, 2.75) is 6.92 Å². The molecule has 0 bridgehead atoms. The molecule has 0 radical (unpaired) electrons. The van der Waals surface area contributed by atoms with Crippen molar-refractivity contribution in [3.63, 3.8) is 0 Å². The lowest BCUT2D eigenvalue weighted by Gasteiger charge is -1.96. The van der Waals surface area contributed by atoms with Gasteiger partial charge in [0.1, 0.15) is 0 Å². The van der Waals surface area contributed by atoms with Crippen molar-refractivity contribution in [3.8, 4) is 6.07 Å². The van der Waals surface area contributed by atoms with E-state index in [0.29, 0.717) is 0 Å². The van der Waals surface area contributed by atoms with Crippen LogP contribution in [0.2, 0.25) is 0 Å². The van der Waals surface area contributed by atoms with Crippen LogP contribution >= 0.6 is 0 Å². The van der Waals surface area contributed by atoms with E-state index in [1.165, 1.54) is 0 Å². The Bertz CT molecular complexity index is 465. The van der Waals surface area contributed by atoms with Crippen LogP contribution in [0, 0.1) is 18.3 Å². The Hall–Kier alpha value is -1.75. The van der Waals surface area contributed by atoms with E-state index < -0.39 is 0 Å². The predicted molar refractivity (Wildman–Crippen MR) is 49.9 cm³/mol. The van der Waals surface area contributed by atoms with Gasteiger partial charge < -0.3 is 4.98 Å². The molecule has 0 amide bonds. The maximum atomic E-state index is 8.76. The number of aromatic amines is 1. The number of H-pyrrole nitrogens is 1. The van der Waals surface area contributed by atoms with Crippen molar-refractivity contribution in [2.75, 3.05) is 0 Å². The first-order valence-electron chi connectivity index (χ1n) is 3.79. The number of nitrogens with zero attached hydrogens (tertiary/aromatic N) is 1. The Morgan fingerprint density at radius 1 is 1.50 bits per heavy atom. The van der Waals surface area contributed by atoms with Crippen molar-refractivity contribution in [2.24, 2.45) is 0 Å². The standard InChI is InChI=1S/C10H8N2.H2/c1-7-4-10-8(2-3-12-10)5-9(7)6-11;/h2-5,12H,1H3;1H. The second-order valence-electron chi connectivity index (χ2n) is 2.84. The number of nitrogens with one attached hydrogen (secondary N) is 1. The number of fused-ring (bicyclic) bond motifs is 1. The summed E-state index contributed by atoms with van der Waals surface area (Å²) in [4.78, 5) is 3.10. The SMILES string of the molecule is Cc1cc2[nH]ccc2cc1C#N.[HH]. The average Bonchev–Trinajstić information content (AvgIpc) is 2.49. The molecule has 2 aromatic rings. The van der Waals surface area contributed by atoms with Gasteiger partial charge in [-0.1, -0.05) is 0 Å². The zero-order valence-electron chi connectivity index (χ0n) is 6.76. The number of aryl methyl sites for hydroxylation is 1.